The number of nitro groups is 1. The van der Waals surface area contributed by atoms with Gasteiger partial charge in [0.15, 0.2) is 4.90 Å². The van der Waals surface area contributed by atoms with Gasteiger partial charge in [0.2, 0.25) is 10.0 Å². The number of benzene rings is 2. The normalized spacial score (nSPS) is 11.9. The summed E-state index contributed by atoms with van der Waals surface area (Å²) < 4.78 is 29.7. The summed E-state index contributed by atoms with van der Waals surface area (Å²) in [5.74, 6) is 0. The highest BCUT2D eigenvalue weighted by Gasteiger charge is 2.33. The lowest BCUT2D eigenvalue weighted by molar-refractivity contribution is -0.387. The molecule has 0 spiro atoms. The molecule has 0 amide bonds. The Hall–Kier alpha value is -2.97. The van der Waals surface area contributed by atoms with Crippen LogP contribution in [0.1, 0.15) is 25.0 Å². The minimum Gasteiger partial charge on any atom is -0.350 e. The molecule has 0 radical (unpaired) electrons. The Bertz CT molecular complexity index is 1090. The van der Waals surface area contributed by atoms with Gasteiger partial charge in [0.25, 0.3) is 5.69 Å². The number of nitrogens with zero attached hydrogens (tertiary/aromatic N) is 3. The fourth-order valence-electron chi connectivity index (χ4n) is 3.15. The maximum atomic E-state index is 13.2. The molecule has 8 heteroatoms. The van der Waals surface area contributed by atoms with Gasteiger partial charge in [0, 0.05) is 37.6 Å². The first-order chi connectivity index (χ1) is 13.8. The van der Waals surface area contributed by atoms with Crippen LogP contribution in [0.25, 0.3) is 0 Å². The third-order valence-electron chi connectivity index (χ3n) is 4.58. The number of rotatable bonds is 8. The topological polar surface area (TPSA) is 85.5 Å². The molecule has 0 saturated carbocycles. The van der Waals surface area contributed by atoms with Crippen molar-refractivity contribution < 1.29 is 13.3 Å². The molecule has 0 aliphatic carbocycles. The number of hydrogen-bond donors (Lipinski definition) is 0. The molecule has 2 aromatic carbocycles. The van der Waals surface area contributed by atoms with Gasteiger partial charge in [0.1, 0.15) is 0 Å². The molecular formula is C21H23N3O4S. The Morgan fingerprint density at radius 3 is 2.31 bits per heavy atom. The van der Waals surface area contributed by atoms with Crippen molar-refractivity contribution in [3.63, 3.8) is 0 Å². The molecule has 3 aromatic rings. The third kappa shape index (κ3) is 4.72. The quantitative estimate of drug-likeness (QED) is 0.412. The van der Waals surface area contributed by atoms with E-state index < -0.39 is 20.6 Å². The van der Waals surface area contributed by atoms with Crippen LogP contribution in [0.5, 0.6) is 0 Å². The van der Waals surface area contributed by atoms with Crippen LogP contribution in [0, 0.1) is 10.1 Å². The van der Waals surface area contributed by atoms with Crippen molar-refractivity contribution in [1.82, 2.24) is 8.87 Å². The molecule has 0 atom stereocenters. The average molecular weight is 413 g/mol. The largest absolute Gasteiger partial charge is 0.350 e. The summed E-state index contributed by atoms with van der Waals surface area (Å²) >= 11 is 0. The molecule has 7 nitrogen and oxygen atoms in total. The van der Waals surface area contributed by atoms with E-state index in [4.69, 9.17) is 0 Å². The Balaban J connectivity index is 1.87. The Morgan fingerprint density at radius 1 is 1.00 bits per heavy atom. The summed E-state index contributed by atoms with van der Waals surface area (Å²) in [5.41, 5.74) is 1.54. The molecule has 0 fully saturated rings. The van der Waals surface area contributed by atoms with Crippen molar-refractivity contribution in [3.05, 3.63) is 94.3 Å². The first-order valence-corrected chi connectivity index (χ1v) is 10.7. The van der Waals surface area contributed by atoms with Gasteiger partial charge in [0.05, 0.1) is 4.92 Å². The number of aromatic nitrogens is 1. The minimum atomic E-state index is -4.04. The van der Waals surface area contributed by atoms with Crippen molar-refractivity contribution in [2.24, 2.45) is 0 Å². The molecule has 1 heterocycles. The van der Waals surface area contributed by atoms with Gasteiger partial charge < -0.3 is 4.57 Å². The lowest BCUT2D eigenvalue weighted by atomic mass is 10.2. The second kappa shape index (κ2) is 8.59. The van der Waals surface area contributed by atoms with Gasteiger partial charge in [-0.05, 0) is 37.1 Å². The van der Waals surface area contributed by atoms with E-state index in [2.05, 4.69) is 0 Å². The lowest BCUT2D eigenvalue weighted by Crippen LogP contribution is -2.36. The van der Waals surface area contributed by atoms with Crippen LogP contribution in [0.4, 0.5) is 5.69 Å². The van der Waals surface area contributed by atoms with Crippen LogP contribution in [0.2, 0.25) is 0 Å². The van der Waals surface area contributed by atoms with E-state index in [-0.39, 0.29) is 17.5 Å². The first kappa shape index (κ1) is 20.8. The molecule has 1 aromatic heterocycles. The Kier molecular flexibility index (Phi) is 6.14. The highest BCUT2D eigenvalue weighted by Crippen LogP contribution is 2.28. The summed E-state index contributed by atoms with van der Waals surface area (Å²) in [5, 5.41) is 11.3. The molecule has 3 rings (SSSR count). The second-order valence-electron chi connectivity index (χ2n) is 7.05. The molecule has 29 heavy (non-hydrogen) atoms. The number of hydrogen-bond acceptors (Lipinski definition) is 4. The molecule has 0 aliphatic rings. The van der Waals surface area contributed by atoms with E-state index in [0.717, 1.165) is 11.1 Å². The van der Waals surface area contributed by atoms with Crippen molar-refractivity contribution in [1.29, 1.82) is 0 Å². The summed E-state index contributed by atoms with van der Waals surface area (Å²) in [6, 6.07) is 16.9. The zero-order chi connectivity index (χ0) is 21.0. The monoisotopic (exact) mass is 413 g/mol. The van der Waals surface area contributed by atoms with Gasteiger partial charge in [-0.3, -0.25) is 10.1 Å². The van der Waals surface area contributed by atoms with E-state index in [9.17, 15) is 18.5 Å². The summed E-state index contributed by atoms with van der Waals surface area (Å²) in [6.45, 7) is 4.33. The van der Waals surface area contributed by atoms with E-state index in [1.165, 1.54) is 28.6 Å². The molecular weight excluding hydrogens is 390 g/mol. The fraction of sp³-hybridized carbons (Fsp3) is 0.238. The molecule has 152 valence electrons. The van der Waals surface area contributed by atoms with E-state index in [0.29, 0.717) is 6.54 Å². The zero-order valence-electron chi connectivity index (χ0n) is 16.3. The summed E-state index contributed by atoms with van der Waals surface area (Å²) in [4.78, 5) is 10.4. The maximum absolute atomic E-state index is 13.2. The minimum absolute atomic E-state index is 0.133. The molecule has 0 N–H and O–H groups in total. The predicted molar refractivity (Wildman–Crippen MR) is 111 cm³/mol. The van der Waals surface area contributed by atoms with Gasteiger partial charge in [-0.25, -0.2) is 8.42 Å². The van der Waals surface area contributed by atoms with Crippen LogP contribution in [0.3, 0.4) is 0 Å². The lowest BCUT2D eigenvalue weighted by Gasteiger charge is -2.25. The molecule has 0 saturated heterocycles. The van der Waals surface area contributed by atoms with Crippen LogP contribution in [0.15, 0.2) is 78.0 Å². The van der Waals surface area contributed by atoms with Gasteiger partial charge >= 0.3 is 0 Å². The molecule has 0 aliphatic heterocycles. The Labute approximate surface area is 170 Å². The van der Waals surface area contributed by atoms with Crippen LogP contribution in [-0.4, -0.2) is 28.3 Å². The van der Waals surface area contributed by atoms with Crippen molar-refractivity contribution >= 4 is 15.7 Å². The first-order valence-electron chi connectivity index (χ1n) is 9.23. The third-order valence-corrected chi connectivity index (χ3v) is 6.65. The SMILES string of the molecule is CC(C)N(Cc1ccn(Cc2ccccc2)c1)S(=O)(=O)c1ccccc1[N+](=O)[O-]. The second-order valence-corrected chi connectivity index (χ2v) is 8.91. The predicted octanol–water partition coefficient (Wildman–Crippen LogP) is 4.04. The van der Waals surface area contributed by atoms with Gasteiger partial charge in [-0.1, -0.05) is 42.5 Å². The smallest absolute Gasteiger partial charge is 0.289 e. The molecule has 0 unspecified atom stereocenters. The Morgan fingerprint density at radius 2 is 1.66 bits per heavy atom. The molecule has 0 bridgehead atoms. The number of nitro benzene ring substituents is 1. The highest BCUT2D eigenvalue weighted by atomic mass is 32.2. The fourth-order valence-corrected chi connectivity index (χ4v) is 4.94. The highest BCUT2D eigenvalue weighted by molar-refractivity contribution is 7.89. The van der Waals surface area contributed by atoms with Crippen molar-refractivity contribution in [2.75, 3.05) is 0 Å². The van der Waals surface area contributed by atoms with Gasteiger partial charge in [-0.2, -0.15) is 4.31 Å². The summed E-state index contributed by atoms with van der Waals surface area (Å²) in [6.07, 6.45) is 3.80. The maximum Gasteiger partial charge on any atom is 0.289 e. The average Bonchev–Trinajstić information content (AvgIpc) is 3.13. The number of sulfonamides is 1. The van der Waals surface area contributed by atoms with E-state index >= 15 is 0 Å². The number of para-hydroxylation sites is 1. The van der Waals surface area contributed by atoms with Crippen molar-refractivity contribution in [3.8, 4) is 0 Å². The zero-order valence-corrected chi connectivity index (χ0v) is 17.1. The van der Waals surface area contributed by atoms with Crippen LogP contribution >= 0.6 is 0 Å². The van der Waals surface area contributed by atoms with Crippen LogP contribution < -0.4 is 0 Å². The summed E-state index contributed by atoms with van der Waals surface area (Å²) in [7, 11) is -4.04. The standard InChI is InChI=1S/C21H23N3O4S/c1-17(2)23(29(27,28)21-11-7-6-10-20(21)24(25)26)16-19-12-13-22(15-19)14-18-8-4-3-5-9-18/h3-13,15,17H,14,16H2,1-2H3. The van der Waals surface area contributed by atoms with E-state index in [1.807, 2.05) is 53.4 Å². The van der Waals surface area contributed by atoms with Crippen LogP contribution in [-0.2, 0) is 23.1 Å². The van der Waals surface area contributed by atoms with E-state index in [1.54, 1.807) is 13.8 Å². The van der Waals surface area contributed by atoms with Gasteiger partial charge in [-0.15, -0.1) is 0 Å². The van der Waals surface area contributed by atoms with Crippen molar-refractivity contribution in [2.45, 2.75) is 37.9 Å².